The van der Waals surface area contributed by atoms with Gasteiger partial charge in [-0.15, -0.1) is 0 Å². The number of nitrogens with zero attached hydrogens (tertiary/aromatic N) is 2. The Hall–Kier alpha value is -1.04. The zero-order valence-corrected chi connectivity index (χ0v) is 8.12. The summed E-state index contributed by atoms with van der Waals surface area (Å²) in [6, 6.07) is 2.47. The van der Waals surface area contributed by atoms with E-state index in [-0.39, 0.29) is 5.91 Å². The minimum absolute atomic E-state index is 0.268. The summed E-state index contributed by atoms with van der Waals surface area (Å²) in [4.78, 5) is 13.3. The number of carbonyl (C=O) groups is 1. The van der Waals surface area contributed by atoms with E-state index in [1.807, 2.05) is 4.90 Å². The van der Waals surface area contributed by atoms with Crippen LogP contribution in [0.1, 0.15) is 39.0 Å². The molecule has 0 unspecified atom stereocenters. The lowest BCUT2D eigenvalue weighted by Gasteiger charge is -2.23. The van der Waals surface area contributed by atoms with Crippen molar-refractivity contribution in [2.75, 3.05) is 6.54 Å². The van der Waals surface area contributed by atoms with Crippen LogP contribution < -0.4 is 0 Å². The highest BCUT2D eigenvalue weighted by atomic mass is 16.2. The van der Waals surface area contributed by atoms with Crippen LogP contribution in [0.15, 0.2) is 0 Å². The van der Waals surface area contributed by atoms with Crippen molar-refractivity contribution in [1.82, 2.24) is 4.90 Å². The number of hydrogen-bond acceptors (Lipinski definition) is 2. The van der Waals surface area contributed by atoms with Crippen LogP contribution in [0.2, 0.25) is 0 Å². The molecule has 1 aliphatic rings. The van der Waals surface area contributed by atoms with Gasteiger partial charge >= 0.3 is 0 Å². The van der Waals surface area contributed by atoms with Crippen LogP contribution in [-0.2, 0) is 4.79 Å². The molecule has 72 valence electrons. The Morgan fingerprint density at radius 2 is 2.46 bits per heavy atom. The van der Waals surface area contributed by atoms with E-state index < -0.39 is 0 Å². The third-order valence-corrected chi connectivity index (χ3v) is 2.51. The van der Waals surface area contributed by atoms with Gasteiger partial charge in [0, 0.05) is 25.4 Å². The Kier molecular flexibility index (Phi) is 3.75. The Morgan fingerprint density at radius 3 is 3.08 bits per heavy atom. The van der Waals surface area contributed by atoms with Crippen LogP contribution >= 0.6 is 0 Å². The van der Waals surface area contributed by atoms with Crippen LogP contribution in [-0.4, -0.2) is 23.4 Å². The minimum atomic E-state index is 0.268. The fourth-order valence-corrected chi connectivity index (χ4v) is 1.87. The van der Waals surface area contributed by atoms with Crippen molar-refractivity contribution in [1.29, 1.82) is 5.26 Å². The quantitative estimate of drug-likeness (QED) is 0.660. The van der Waals surface area contributed by atoms with Crippen LogP contribution in [0.5, 0.6) is 0 Å². The predicted molar refractivity (Wildman–Crippen MR) is 49.9 cm³/mol. The molecule has 13 heavy (non-hydrogen) atoms. The third kappa shape index (κ3) is 2.45. The van der Waals surface area contributed by atoms with E-state index >= 15 is 0 Å². The second kappa shape index (κ2) is 4.86. The van der Waals surface area contributed by atoms with Crippen molar-refractivity contribution in [3.8, 4) is 6.07 Å². The second-order valence-corrected chi connectivity index (χ2v) is 3.48. The van der Waals surface area contributed by atoms with E-state index in [0.717, 1.165) is 25.8 Å². The summed E-state index contributed by atoms with van der Waals surface area (Å²) in [7, 11) is 0. The lowest BCUT2D eigenvalue weighted by Crippen LogP contribution is -2.33. The molecule has 0 aromatic heterocycles. The van der Waals surface area contributed by atoms with Gasteiger partial charge in [-0.2, -0.15) is 5.26 Å². The van der Waals surface area contributed by atoms with E-state index in [4.69, 9.17) is 5.26 Å². The lowest BCUT2D eigenvalue weighted by molar-refractivity contribution is -0.129. The molecule has 3 nitrogen and oxygen atoms in total. The van der Waals surface area contributed by atoms with Crippen molar-refractivity contribution in [2.24, 2.45) is 0 Å². The standard InChI is InChI=1S/C10H16N2O/c1-2-8-12-9(4-3-7-11)5-6-10(12)13/h9H,2-6,8H2,1H3/t9-/m1/s1. The van der Waals surface area contributed by atoms with Gasteiger partial charge in [-0.25, -0.2) is 0 Å². The van der Waals surface area contributed by atoms with E-state index in [2.05, 4.69) is 13.0 Å². The first-order valence-electron chi connectivity index (χ1n) is 4.96. The molecule has 1 heterocycles. The average Bonchev–Trinajstić information content (AvgIpc) is 2.46. The van der Waals surface area contributed by atoms with Gasteiger partial charge in [0.05, 0.1) is 6.07 Å². The largest absolute Gasteiger partial charge is 0.340 e. The van der Waals surface area contributed by atoms with Crippen molar-refractivity contribution in [3.05, 3.63) is 0 Å². The molecule has 0 N–H and O–H groups in total. The Balaban J connectivity index is 2.44. The summed E-state index contributed by atoms with van der Waals surface area (Å²) in [6.07, 6.45) is 4.05. The second-order valence-electron chi connectivity index (χ2n) is 3.48. The summed E-state index contributed by atoms with van der Waals surface area (Å²) >= 11 is 0. The fraction of sp³-hybridized carbons (Fsp3) is 0.800. The highest BCUT2D eigenvalue weighted by molar-refractivity contribution is 5.78. The van der Waals surface area contributed by atoms with E-state index in [1.165, 1.54) is 0 Å². The molecule has 0 aromatic rings. The van der Waals surface area contributed by atoms with Crippen LogP contribution in [0.3, 0.4) is 0 Å². The predicted octanol–water partition coefficient (Wildman–Crippen LogP) is 1.69. The van der Waals surface area contributed by atoms with Crippen molar-refractivity contribution >= 4 is 5.91 Å². The number of amides is 1. The van der Waals surface area contributed by atoms with Crippen LogP contribution in [0.25, 0.3) is 0 Å². The van der Waals surface area contributed by atoms with Gasteiger partial charge in [0.15, 0.2) is 0 Å². The van der Waals surface area contributed by atoms with Gasteiger partial charge in [-0.05, 0) is 19.3 Å². The monoisotopic (exact) mass is 180 g/mol. The van der Waals surface area contributed by atoms with Gasteiger partial charge in [0.1, 0.15) is 0 Å². The number of rotatable bonds is 4. The van der Waals surface area contributed by atoms with E-state index in [1.54, 1.807) is 0 Å². The molecule has 1 saturated heterocycles. The molecule has 1 aliphatic heterocycles. The normalized spacial score (nSPS) is 22.0. The number of likely N-dealkylation sites (tertiary alicyclic amines) is 1. The topological polar surface area (TPSA) is 44.1 Å². The molecule has 1 atom stereocenters. The van der Waals surface area contributed by atoms with Crippen LogP contribution in [0.4, 0.5) is 0 Å². The summed E-state index contributed by atoms with van der Waals surface area (Å²) < 4.78 is 0. The van der Waals surface area contributed by atoms with Gasteiger partial charge in [-0.1, -0.05) is 6.92 Å². The SMILES string of the molecule is CCCN1C(=O)CC[C@H]1CCC#N. The van der Waals surface area contributed by atoms with Crippen LogP contribution in [0, 0.1) is 11.3 Å². The number of nitriles is 1. The maximum absolute atomic E-state index is 11.4. The van der Waals surface area contributed by atoms with Gasteiger partial charge in [0.25, 0.3) is 0 Å². The Morgan fingerprint density at radius 1 is 1.69 bits per heavy atom. The smallest absolute Gasteiger partial charge is 0.222 e. The third-order valence-electron chi connectivity index (χ3n) is 2.51. The Bertz CT molecular complexity index is 219. The highest BCUT2D eigenvalue weighted by Gasteiger charge is 2.29. The fourth-order valence-electron chi connectivity index (χ4n) is 1.87. The first kappa shape index (κ1) is 10.0. The molecule has 0 radical (unpaired) electrons. The maximum atomic E-state index is 11.4. The molecular weight excluding hydrogens is 164 g/mol. The first-order chi connectivity index (χ1) is 6.29. The molecule has 1 fully saturated rings. The molecule has 0 bridgehead atoms. The molecule has 0 saturated carbocycles. The van der Waals surface area contributed by atoms with Crippen molar-refractivity contribution < 1.29 is 4.79 Å². The molecule has 0 aliphatic carbocycles. The molecular formula is C10H16N2O. The van der Waals surface area contributed by atoms with E-state index in [9.17, 15) is 4.79 Å². The minimum Gasteiger partial charge on any atom is -0.340 e. The first-order valence-corrected chi connectivity index (χ1v) is 4.96. The zero-order chi connectivity index (χ0) is 9.68. The summed E-state index contributed by atoms with van der Waals surface area (Å²) in [5.41, 5.74) is 0. The number of carbonyl (C=O) groups excluding carboxylic acids is 1. The number of hydrogen-bond donors (Lipinski definition) is 0. The molecule has 1 rings (SSSR count). The summed E-state index contributed by atoms with van der Waals surface area (Å²) in [5.74, 6) is 0.268. The Labute approximate surface area is 79.3 Å². The maximum Gasteiger partial charge on any atom is 0.222 e. The summed E-state index contributed by atoms with van der Waals surface area (Å²) in [6.45, 7) is 2.93. The molecule has 0 spiro atoms. The van der Waals surface area contributed by atoms with Gasteiger partial charge in [-0.3, -0.25) is 4.79 Å². The highest BCUT2D eigenvalue weighted by Crippen LogP contribution is 2.22. The van der Waals surface area contributed by atoms with Gasteiger partial charge in [0.2, 0.25) is 5.91 Å². The zero-order valence-electron chi connectivity index (χ0n) is 8.12. The average molecular weight is 180 g/mol. The van der Waals surface area contributed by atoms with Crippen molar-refractivity contribution in [3.63, 3.8) is 0 Å². The molecule has 1 amide bonds. The molecule has 3 heteroatoms. The van der Waals surface area contributed by atoms with E-state index in [0.29, 0.717) is 18.9 Å². The lowest BCUT2D eigenvalue weighted by atomic mass is 10.1. The van der Waals surface area contributed by atoms with Gasteiger partial charge < -0.3 is 4.90 Å². The van der Waals surface area contributed by atoms with Crippen molar-refractivity contribution in [2.45, 2.75) is 45.1 Å². The summed E-state index contributed by atoms with van der Waals surface area (Å²) in [5, 5.41) is 8.46. The molecule has 0 aromatic carbocycles.